The lowest BCUT2D eigenvalue weighted by molar-refractivity contribution is -0.166. The Hall–Kier alpha value is -0.530. The van der Waals surface area contributed by atoms with Gasteiger partial charge in [0.1, 0.15) is 5.60 Å². The van der Waals surface area contributed by atoms with Crippen LogP contribution in [0.25, 0.3) is 0 Å². The number of carbonyl (C=O) groups is 1. The summed E-state index contributed by atoms with van der Waals surface area (Å²) >= 11 is 0. The van der Waals surface area contributed by atoms with Crippen molar-refractivity contribution in [3.05, 3.63) is 0 Å². The highest BCUT2D eigenvalue weighted by atomic mass is 16.6. The molecule has 0 aliphatic carbocycles. The Labute approximate surface area is 94.4 Å². The lowest BCUT2D eigenvalue weighted by atomic mass is 9.93. The van der Waals surface area contributed by atoms with Gasteiger partial charge < -0.3 is 4.74 Å². The van der Waals surface area contributed by atoms with Crippen LogP contribution in [-0.2, 0) is 9.53 Å². The Balaban J connectivity index is 4.34. The summed E-state index contributed by atoms with van der Waals surface area (Å²) in [5, 5.41) is 0. The fraction of sp³-hybridized carbons (Fsp3) is 0.923. The molecule has 0 radical (unpaired) electrons. The molecule has 1 unspecified atom stereocenters. The van der Waals surface area contributed by atoms with Gasteiger partial charge in [0.05, 0.1) is 5.92 Å². The molecule has 15 heavy (non-hydrogen) atoms. The molecule has 0 saturated carbocycles. The van der Waals surface area contributed by atoms with Crippen LogP contribution in [0.3, 0.4) is 0 Å². The van der Waals surface area contributed by atoms with Crippen LogP contribution >= 0.6 is 0 Å². The van der Waals surface area contributed by atoms with E-state index in [9.17, 15) is 4.79 Å². The number of rotatable bonds is 7. The molecule has 0 aliphatic heterocycles. The maximum Gasteiger partial charge on any atom is 0.309 e. The van der Waals surface area contributed by atoms with Crippen molar-refractivity contribution in [1.82, 2.24) is 0 Å². The van der Waals surface area contributed by atoms with E-state index >= 15 is 0 Å². The van der Waals surface area contributed by atoms with Gasteiger partial charge in [-0.25, -0.2) is 0 Å². The number of ether oxygens (including phenoxy) is 1. The minimum absolute atomic E-state index is 0.0256. The van der Waals surface area contributed by atoms with Crippen LogP contribution < -0.4 is 0 Å². The summed E-state index contributed by atoms with van der Waals surface area (Å²) in [5.74, 6) is 0.0152. The molecule has 0 aromatic carbocycles. The van der Waals surface area contributed by atoms with Crippen molar-refractivity contribution in [3.63, 3.8) is 0 Å². The summed E-state index contributed by atoms with van der Waals surface area (Å²) in [4.78, 5) is 11.8. The van der Waals surface area contributed by atoms with Gasteiger partial charge in [0, 0.05) is 0 Å². The summed E-state index contributed by atoms with van der Waals surface area (Å²) in [5.41, 5.74) is -0.223. The number of esters is 1. The molecule has 0 spiro atoms. The van der Waals surface area contributed by atoms with Gasteiger partial charge >= 0.3 is 5.97 Å². The van der Waals surface area contributed by atoms with Crippen molar-refractivity contribution >= 4 is 5.97 Å². The summed E-state index contributed by atoms with van der Waals surface area (Å²) in [7, 11) is 0. The molecular formula is C13H26O2. The first-order valence-electron chi connectivity index (χ1n) is 6.28. The predicted molar refractivity (Wildman–Crippen MR) is 63.8 cm³/mol. The van der Waals surface area contributed by atoms with Crippen LogP contribution in [0.4, 0.5) is 0 Å². The minimum Gasteiger partial charge on any atom is -0.459 e. The lowest BCUT2D eigenvalue weighted by Crippen LogP contribution is -2.35. The number of hydrogen-bond acceptors (Lipinski definition) is 2. The number of carbonyl (C=O) groups excluding carboxylic acids is 1. The molecule has 0 rings (SSSR count). The fourth-order valence-corrected chi connectivity index (χ4v) is 1.83. The molecule has 90 valence electrons. The van der Waals surface area contributed by atoms with Crippen molar-refractivity contribution in [2.75, 3.05) is 0 Å². The van der Waals surface area contributed by atoms with E-state index in [1.165, 1.54) is 0 Å². The molecule has 1 atom stereocenters. The quantitative estimate of drug-likeness (QED) is 0.600. The first kappa shape index (κ1) is 14.5. The lowest BCUT2D eigenvalue weighted by Gasteiger charge is -2.31. The second-order valence-corrected chi connectivity index (χ2v) is 4.35. The summed E-state index contributed by atoms with van der Waals surface area (Å²) < 4.78 is 5.66. The Bertz CT molecular complexity index is 175. The van der Waals surface area contributed by atoms with E-state index in [2.05, 4.69) is 27.7 Å². The predicted octanol–water partition coefficient (Wildman–Crippen LogP) is 3.93. The molecule has 0 aromatic heterocycles. The standard InChI is InChI=1S/C13H26O2/c1-6-10-11(5)12(14)15-13(7-2,8-3)9-4/h11H,6-10H2,1-5H3. The molecule has 0 amide bonds. The Morgan fingerprint density at radius 3 is 1.93 bits per heavy atom. The van der Waals surface area contributed by atoms with E-state index in [0.717, 1.165) is 32.1 Å². The minimum atomic E-state index is -0.223. The van der Waals surface area contributed by atoms with Gasteiger partial charge in [-0.2, -0.15) is 0 Å². The van der Waals surface area contributed by atoms with Crippen LogP contribution in [0, 0.1) is 5.92 Å². The van der Waals surface area contributed by atoms with Gasteiger partial charge in [0.2, 0.25) is 0 Å². The second-order valence-electron chi connectivity index (χ2n) is 4.35. The SMILES string of the molecule is CCCC(C)C(=O)OC(CC)(CC)CC. The van der Waals surface area contributed by atoms with Crippen LogP contribution in [0.1, 0.15) is 66.7 Å². The third-order valence-electron chi connectivity index (χ3n) is 3.37. The molecule has 2 heteroatoms. The molecule has 0 aliphatic rings. The van der Waals surface area contributed by atoms with Crippen molar-refractivity contribution in [3.8, 4) is 0 Å². The average Bonchev–Trinajstić information content (AvgIpc) is 2.26. The number of hydrogen-bond donors (Lipinski definition) is 0. The van der Waals surface area contributed by atoms with Crippen LogP contribution in [0.2, 0.25) is 0 Å². The van der Waals surface area contributed by atoms with Gasteiger partial charge in [-0.05, 0) is 25.7 Å². The van der Waals surface area contributed by atoms with E-state index in [4.69, 9.17) is 4.74 Å². The molecule has 0 aromatic rings. The first-order chi connectivity index (χ1) is 7.05. The maximum absolute atomic E-state index is 11.8. The van der Waals surface area contributed by atoms with Crippen molar-refractivity contribution in [2.24, 2.45) is 5.92 Å². The molecule has 0 heterocycles. The van der Waals surface area contributed by atoms with Gasteiger partial charge in [-0.3, -0.25) is 4.79 Å². The van der Waals surface area contributed by atoms with Gasteiger partial charge in [-0.1, -0.05) is 41.0 Å². The summed E-state index contributed by atoms with van der Waals surface area (Å²) in [6.07, 6.45) is 4.68. The third kappa shape index (κ3) is 4.23. The van der Waals surface area contributed by atoms with Crippen molar-refractivity contribution < 1.29 is 9.53 Å². The van der Waals surface area contributed by atoms with Gasteiger partial charge in [-0.15, -0.1) is 0 Å². The molecule has 2 nitrogen and oxygen atoms in total. The van der Waals surface area contributed by atoms with E-state index in [0.29, 0.717) is 0 Å². The van der Waals surface area contributed by atoms with Gasteiger partial charge in [0.25, 0.3) is 0 Å². The Kier molecular flexibility index (Phi) is 6.62. The largest absolute Gasteiger partial charge is 0.459 e. The summed E-state index contributed by atoms with van der Waals surface area (Å²) in [6.45, 7) is 10.3. The van der Waals surface area contributed by atoms with Crippen molar-refractivity contribution in [1.29, 1.82) is 0 Å². The smallest absolute Gasteiger partial charge is 0.309 e. The van der Waals surface area contributed by atoms with Crippen LogP contribution in [0.15, 0.2) is 0 Å². The second kappa shape index (κ2) is 6.86. The molecule has 0 fully saturated rings. The van der Waals surface area contributed by atoms with Gasteiger partial charge in [0.15, 0.2) is 0 Å². The van der Waals surface area contributed by atoms with Crippen LogP contribution in [0.5, 0.6) is 0 Å². The summed E-state index contributed by atoms with van der Waals surface area (Å²) in [6, 6.07) is 0. The Morgan fingerprint density at radius 2 is 1.60 bits per heavy atom. The average molecular weight is 214 g/mol. The molecule has 0 N–H and O–H groups in total. The van der Waals surface area contributed by atoms with E-state index < -0.39 is 0 Å². The first-order valence-corrected chi connectivity index (χ1v) is 6.28. The fourth-order valence-electron chi connectivity index (χ4n) is 1.83. The zero-order valence-corrected chi connectivity index (χ0v) is 10.9. The highest BCUT2D eigenvalue weighted by Crippen LogP contribution is 2.26. The monoisotopic (exact) mass is 214 g/mol. The normalized spacial score (nSPS) is 13.7. The topological polar surface area (TPSA) is 26.3 Å². The van der Waals surface area contributed by atoms with Crippen molar-refractivity contribution in [2.45, 2.75) is 72.3 Å². The molecule has 0 bridgehead atoms. The van der Waals surface area contributed by atoms with Crippen LogP contribution in [-0.4, -0.2) is 11.6 Å². The maximum atomic E-state index is 11.8. The highest BCUT2D eigenvalue weighted by Gasteiger charge is 2.29. The van der Waals surface area contributed by atoms with E-state index in [1.54, 1.807) is 0 Å². The third-order valence-corrected chi connectivity index (χ3v) is 3.37. The Morgan fingerprint density at radius 1 is 1.13 bits per heavy atom. The van der Waals surface area contributed by atoms with E-state index in [1.807, 2.05) is 6.92 Å². The molecule has 0 saturated heterocycles. The zero-order chi connectivity index (χ0) is 11.9. The van der Waals surface area contributed by atoms with E-state index in [-0.39, 0.29) is 17.5 Å². The molecular weight excluding hydrogens is 188 g/mol. The zero-order valence-electron chi connectivity index (χ0n) is 10.9. The highest BCUT2D eigenvalue weighted by molar-refractivity contribution is 5.72.